The molecule has 0 bridgehead atoms. The van der Waals surface area contributed by atoms with Gasteiger partial charge in [0.05, 0.1) is 18.2 Å². The number of aromatic hydroxyl groups is 1. The summed E-state index contributed by atoms with van der Waals surface area (Å²) in [6.07, 6.45) is 3.68. The molecule has 62 heavy (non-hydrogen) atoms. The van der Waals surface area contributed by atoms with Crippen molar-refractivity contribution in [3.05, 3.63) is 189 Å². The SMILES string of the molecule is O=C(c1ccc(CNCC(O)c2ccc(O)c3[nH]c(=O)ccc23)cc1)N1CCC=C(c2cccc(C(O)(C(=O)OCC3CCN(Cc4ccccc4)CC3)c3ccccc3)c2)C1. The minimum Gasteiger partial charge on any atom is -0.506 e. The molecule has 2 atom stereocenters. The number of nitrogens with one attached hydrogen (secondary N) is 2. The van der Waals surface area contributed by atoms with Gasteiger partial charge in [-0.1, -0.05) is 103 Å². The number of aromatic amines is 1. The lowest BCUT2D eigenvalue weighted by Gasteiger charge is -2.33. The van der Waals surface area contributed by atoms with Crippen LogP contribution in [0.1, 0.15) is 69.1 Å². The van der Waals surface area contributed by atoms with E-state index in [1.807, 2.05) is 47.4 Å². The molecular formula is C51H52N4O7. The predicted molar refractivity (Wildman–Crippen MR) is 239 cm³/mol. The predicted octanol–water partition coefficient (Wildman–Crippen LogP) is 6.68. The molecule has 1 aromatic heterocycles. The van der Waals surface area contributed by atoms with E-state index in [-0.39, 0.29) is 41.8 Å². The van der Waals surface area contributed by atoms with Gasteiger partial charge in [0.1, 0.15) is 5.75 Å². The smallest absolute Gasteiger partial charge is 0.347 e. The van der Waals surface area contributed by atoms with Crippen molar-refractivity contribution in [1.82, 2.24) is 20.1 Å². The average Bonchev–Trinajstić information content (AvgIpc) is 3.32. The molecule has 1 saturated heterocycles. The number of pyridine rings is 1. The number of fused-ring (bicyclic) bond motifs is 1. The second-order valence-corrected chi connectivity index (χ2v) is 16.3. The van der Waals surface area contributed by atoms with E-state index in [1.165, 1.54) is 17.7 Å². The van der Waals surface area contributed by atoms with Crippen LogP contribution in [0.25, 0.3) is 16.5 Å². The Balaban J connectivity index is 0.882. The monoisotopic (exact) mass is 832 g/mol. The highest BCUT2D eigenvalue weighted by Crippen LogP contribution is 2.35. The number of hydrogen-bond donors (Lipinski definition) is 5. The van der Waals surface area contributed by atoms with Crippen molar-refractivity contribution in [2.24, 2.45) is 5.92 Å². The van der Waals surface area contributed by atoms with Gasteiger partial charge in [-0.25, -0.2) is 4.79 Å². The topological polar surface area (TPSA) is 155 Å². The molecule has 11 heteroatoms. The van der Waals surface area contributed by atoms with Crippen molar-refractivity contribution < 1.29 is 29.6 Å². The van der Waals surface area contributed by atoms with Crippen molar-refractivity contribution >= 4 is 28.4 Å². The number of H-pyrrole nitrogens is 1. The summed E-state index contributed by atoms with van der Waals surface area (Å²) in [5.74, 6) is -0.671. The fraction of sp³-hybridized carbons (Fsp3) is 0.275. The number of benzene rings is 5. The highest BCUT2D eigenvalue weighted by molar-refractivity contribution is 5.95. The van der Waals surface area contributed by atoms with Gasteiger partial charge in [0.2, 0.25) is 11.2 Å². The van der Waals surface area contributed by atoms with Crippen LogP contribution in [0, 0.1) is 5.92 Å². The lowest BCUT2D eigenvalue weighted by Crippen LogP contribution is -2.40. The first-order valence-corrected chi connectivity index (χ1v) is 21.3. The average molecular weight is 833 g/mol. The third kappa shape index (κ3) is 9.56. The first-order chi connectivity index (χ1) is 30.2. The molecule has 0 spiro atoms. The van der Waals surface area contributed by atoms with Gasteiger partial charge in [-0.15, -0.1) is 0 Å². The number of carbonyl (C=O) groups excluding carboxylic acids is 2. The summed E-state index contributed by atoms with van der Waals surface area (Å²) in [6, 6.07) is 40.1. The van der Waals surface area contributed by atoms with Gasteiger partial charge in [0, 0.05) is 55.3 Å². The Kier molecular flexibility index (Phi) is 13.1. The zero-order valence-electron chi connectivity index (χ0n) is 34.6. The standard InChI is InChI=1S/C51H52N4O7/c56-45-22-20-43(44-21-23-47(58)53-48(44)45)46(57)31-52-30-35-16-18-38(19-17-35)49(59)55-26-8-12-40(33-55)39-11-7-15-42(29-39)51(61,41-13-5-2-6-14-41)50(60)62-34-37-24-27-54(28-25-37)32-36-9-3-1-4-10-36/h1-7,9-23,29,37,46,52,56-57,61H,8,24-28,30-34H2,(H,53,58). The van der Waals surface area contributed by atoms with Crippen LogP contribution >= 0.6 is 0 Å². The quantitative estimate of drug-likeness (QED) is 0.0757. The van der Waals surface area contributed by atoms with E-state index in [9.17, 15) is 29.7 Å². The number of aromatic nitrogens is 1. The number of likely N-dealkylation sites (tertiary alicyclic amines) is 1. The molecule has 318 valence electrons. The highest BCUT2D eigenvalue weighted by atomic mass is 16.5. The summed E-state index contributed by atoms with van der Waals surface area (Å²) in [4.78, 5) is 46.5. The van der Waals surface area contributed by atoms with Crippen molar-refractivity contribution in [2.45, 2.75) is 44.1 Å². The summed E-state index contributed by atoms with van der Waals surface area (Å²) in [6.45, 7) is 4.55. The fourth-order valence-electron chi connectivity index (χ4n) is 8.56. The first-order valence-electron chi connectivity index (χ1n) is 21.3. The lowest BCUT2D eigenvalue weighted by atomic mass is 9.84. The molecule has 0 radical (unpaired) electrons. The number of aliphatic hydroxyl groups is 2. The second-order valence-electron chi connectivity index (χ2n) is 16.3. The van der Waals surface area contributed by atoms with E-state index in [4.69, 9.17) is 4.74 Å². The van der Waals surface area contributed by atoms with Crippen LogP contribution in [-0.2, 0) is 28.2 Å². The van der Waals surface area contributed by atoms with E-state index >= 15 is 0 Å². The van der Waals surface area contributed by atoms with Gasteiger partial charge < -0.3 is 35.3 Å². The molecule has 3 heterocycles. The van der Waals surface area contributed by atoms with E-state index in [1.54, 1.807) is 54.6 Å². The van der Waals surface area contributed by atoms with Crippen LogP contribution in [0.3, 0.4) is 0 Å². The third-order valence-corrected chi connectivity index (χ3v) is 12.1. The number of ether oxygens (including phenoxy) is 1. The van der Waals surface area contributed by atoms with E-state index < -0.39 is 17.7 Å². The van der Waals surface area contributed by atoms with Crippen molar-refractivity contribution in [2.75, 3.05) is 39.3 Å². The van der Waals surface area contributed by atoms with Crippen molar-refractivity contribution in [3.8, 4) is 5.75 Å². The second kappa shape index (κ2) is 19.1. The zero-order valence-corrected chi connectivity index (χ0v) is 34.6. The normalized spacial score (nSPS) is 16.4. The molecule has 5 aromatic carbocycles. The molecule has 1 fully saturated rings. The number of piperidine rings is 1. The molecule has 0 aliphatic carbocycles. The van der Waals surface area contributed by atoms with Crippen LogP contribution in [0.5, 0.6) is 5.75 Å². The summed E-state index contributed by atoms with van der Waals surface area (Å²) in [5.41, 5.74) is 3.81. The third-order valence-electron chi connectivity index (χ3n) is 12.1. The van der Waals surface area contributed by atoms with Crippen LogP contribution in [-0.4, -0.2) is 81.3 Å². The molecule has 2 aliphatic rings. The summed E-state index contributed by atoms with van der Waals surface area (Å²) < 4.78 is 5.96. The number of aliphatic hydroxyl groups excluding tert-OH is 1. The van der Waals surface area contributed by atoms with Crippen molar-refractivity contribution in [3.63, 3.8) is 0 Å². The highest BCUT2D eigenvalue weighted by Gasteiger charge is 2.42. The molecule has 1 amide bonds. The first kappa shape index (κ1) is 42.3. The minimum atomic E-state index is -2.04. The Morgan fingerprint density at radius 1 is 0.823 bits per heavy atom. The molecular weight excluding hydrogens is 781 g/mol. The van der Waals surface area contributed by atoms with E-state index in [0.717, 1.165) is 49.2 Å². The number of amides is 1. The molecule has 8 rings (SSSR count). The summed E-state index contributed by atoms with van der Waals surface area (Å²) in [7, 11) is 0. The number of phenols is 1. The van der Waals surface area contributed by atoms with Crippen LogP contribution < -0.4 is 10.9 Å². The Morgan fingerprint density at radius 3 is 2.31 bits per heavy atom. The number of phenolic OH excluding ortho intramolecular Hbond substituents is 1. The number of nitrogens with zero attached hydrogens (tertiary/aromatic N) is 2. The Bertz CT molecular complexity index is 2590. The maximum absolute atomic E-state index is 14.1. The molecule has 11 nitrogen and oxygen atoms in total. The van der Waals surface area contributed by atoms with Gasteiger partial charge in [0.15, 0.2) is 0 Å². The maximum atomic E-state index is 14.1. The minimum absolute atomic E-state index is 0.0648. The van der Waals surface area contributed by atoms with Crippen molar-refractivity contribution in [1.29, 1.82) is 0 Å². The maximum Gasteiger partial charge on any atom is 0.347 e. The van der Waals surface area contributed by atoms with E-state index in [2.05, 4.69) is 45.5 Å². The molecule has 6 aromatic rings. The van der Waals surface area contributed by atoms with E-state index in [0.29, 0.717) is 53.7 Å². The summed E-state index contributed by atoms with van der Waals surface area (Å²) >= 11 is 0. The van der Waals surface area contributed by atoms with Gasteiger partial charge in [0.25, 0.3) is 5.91 Å². The molecule has 0 saturated carbocycles. The van der Waals surface area contributed by atoms with Crippen LogP contribution in [0.4, 0.5) is 0 Å². The van der Waals surface area contributed by atoms with Crippen LogP contribution in [0.2, 0.25) is 0 Å². The Labute approximate surface area is 360 Å². The van der Waals surface area contributed by atoms with Crippen LogP contribution in [0.15, 0.2) is 144 Å². The van der Waals surface area contributed by atoms with Gasteiger partial charge in [-0.3, -0.25) is 14.5 Å². The van der Waals surface area contributed by atoms with Gasteiger partial charge in [-0.05, 0) is 102 Å². The largest absolute Gasteiger partial charge is 0.506 e. The molecule has 2 aliphatic heterocycles. The molecule has 5 N–H and O–H groups in total. The fourth-order valence-corrected chi connectivity index (χ4v) is 8.56. The Hall–Kier alpha value is -6.37. The number of rotatable bonds is 14. The van der Waals surface area contributed by atoms with Gasteiger partial charge >= 0.3 is 5.97 Å². The number of hydrogen-bond acceptors (Lipinski definition) is 9. The Morgan fingerprint density at radius 2 is 1.55 bits per heavy atom. The zero-order chi connectivity index (χ0) is 43.1. The molecule has 2 unspecified atom stereocenters. The van der Waals surface area contributed by atoms with Gasteiger partial charge in [-0.2, -0.15) is 0 Å². The summed E-state index contributed by atoms with van der Waals surface area (Å²) in [5, 5.41) is 37.3. The number of carbonyl (C=O) groups is 2. The lowest BCUT2D eigenvalue weighted by molar-refractivity contribution is -0.164. The number of esters is 1.